The van der Waals surface area contributed by atoms with E-state index in [1.54, 1.807) is 13.3 Å². The summed E-state index contributed by atoms with van der Waals surface area (Å²) in [6.45, 7) is 0.229. The molecule has 0 aliphatic rings. The van der Waals surface area contributed by atoms with Gasteiger partial charge in [0, 0.05) is 25.9 Å². The summed E-state index contributed by atoms with van der Waals surface area (Å²) < 4.78 is 4.74. The number of nitrogens with zero attached hydrogens (tertiary/aromatic N) is 1. The molecule has 1 rings (SSSR count). The highest BCUT2D eigenvalue weighted by Crippen LogP contribution is 2.03. The summed E-state index contributed by atoms with van der Waals surface area (Å²) in [5, 5.41) is 0. The number of ether oxygens (including phenoxy) is 1. The minimum absolute atomic E-state index is 0.163. The molecule has 0 amide bonds. The molecule has 0 bridgehead atoms. The number of hydrogen-bond donors (Lipinski definition) is 0. The van der Waals surface area contributed by atoms with E-state index >= 15 is 0 Å². The van der Waals surface area contributed by atoms with Gasteiger partial charge in [-0.05, 0) is 24.5 Å². The second kappa shape index (κ2) is 6.27. The van der Waals surface area contributed by atoms with E-state index in [1.807, 2.05) is 18.3 Å². The number of carbonyl (C=O) groups excluding carboxylic acids is 1. The molecule has 1 aromatic heterocycles. The predicted octanol–water partition coefficient (Wildman–Crippen LogP) is 1.62. The average molecular weight is 193 g/mol. The van der Waals surface area contributed by atoms with Crippen LogP contribution < -0.4 is 0 Å². The first-order valence-electron chi connectivity index (χ1n) is 4.72. The zero-order valence-corrected chi connectivity index (χ0v) is 8.40. The predicted molar refractivity (Wildman–Crippen MR) is 54.1 cm³/mol. The lowest BCUT2D eigenvalue weighted by Gasteiger charge is -2.00. The van der Waals surface area contributed by atoms with Crippen LogP contribution in [0.15, 0.2) is 24.5 Å². The second-order valence-electron chi connectivity index (χ2n) is 3.19. The van der Waals surface area contributed by atoms with Gasteiger partial charge in [0.2, 0.25) is 0 Å². The molecule has 1 aromatic rings. The molecular formula is C11H15NO2. The van der Waals surface area contributed by atoms with Crippen LogP contribution in [0.3, 0.4) is 0 Å². The van der Waals surface area contributed by atoms with Crippen molar-refractivity contribution >= 4 is 5.78 Å². The number of Topliss-reactive ketones (excluding diaryl/α,β-unsaturated/α-hetero) is 1. The Kier molecular flexibility index (Phi) is 4.86. The maximum absolute atomic E-state index is 11.1. The van der Waals surface area contributed by atoms with Gasteiger partial charge in [-0.3, -0.25) is 9.78 Å². The van der Waals surface area contributed by atoms with E-state index in [2.05, 4.69) is 4.98 Å². The summed E-state index contributed by atoms with van der Waals surface area (Å²) in [7, 11) is 1.54. The first-order valence-corrected chi connectivity index (χ1v) is 4.72. The molecule has 1 heterocycles. The zero-order valence-electron chi connectivity index (χ0n) is 8.40. The van der Waals surface area contributed by atoms with Crippen molar-refractivity contribution in [2.45, 2.75) is 19.3 Å². The van der Waals surface area contributed by atoms with Crippen molar-refractivity contribution in [3.63, 3.8) is 0 Å². The lowest BCUT2D eigenvalue weighted by atomic mass is 10.1. The number of methoxy groups -OCH3 is 1. The van der Waals surface area contributed by atoms with Gasteiger partial charge in [-0.15, -0.1) is 0 Å². The highest BCUT2D eigenvalue weighted by molar-refractivity contribution is 5.79. The van der Waals surface area contributed by atoms with Crippen molar-refractivity contribution in [1.29, 1.82) is 0 Å². The van der Waals surface area contributed by atoms with Gasteiger partial charge >= 0.3 is 0 Å². The molecule has 0 radical (unpaired) electrons. The molecule has 0 aliphatic heterocycles. The first kappa shape index (κ1) is 10.9. The summed E-state index contributed by atoms with van der Waals surface area (Å²) in [5.41, 5.74) is 1.18. The van der Waals surface area contributed by atoms with Gasteiger partial charge in [0.05, 0.1) is 0 Å². The number of hydrogen-bond acceptors (Lipinski definition) is 3. The van der Waals surface area contributed by atoms with E-state index < -0.39 is 0 Å². The highest BCUT2D eigenvalue weighted by Gasteiger charge is 2.00. The Bertz CT molecular complexity index is 272. The Morgan fingerprint density at radius 2 is 2.43 bits per heavy atom. The van der Waals surface area contributed by atoms with Gasteiger partial charge in [0.15, 0.2) is 5.78 Å². The molecule has 0 unspecified atom stereocenters. The Labute approximate surface area is 84.1 Å². The van der Waals surface area contributed by atoms with Crippen LogP contribution in [-0.2, 0) is 16.0 Å². The van der Waals surface area contributed by atoms with Crippen LogP contribution in [0.5, 0.6) is 0 Å². The van der Waals surface area contributed by atoms with E-state index in [9.17, 15) is 4.79 Å². The lowest BCUT2D eigenvalue weighted by molar-refractivity contribution is -0.122. The van der Waals surface area contributed by atoms with Gasteiger partial charge in [-0.25, -0.2) is 0 Å². The molecule has 14 heavy (non-hydrogen) atoms. The number of pyridine rings is 1. The minimum Gasteiger partial charge on any atom is -0.377 e. The number of aryl methyl sites for hydroxylation is 1. The van der Waals surface area contributed by atoms with Crippen LogP contribution in [0.2, 0.25) is 0 Å². The number of rotatable bonds is 6. The molecule has 0 aliphatic carbocycles. The summed E-state index contributed by atoms with van der Waals surface area (Å²) in [4.78, 5) is 15.1. The van der Waals surface area contributed by atoms with E-state index in [-0.39, 0.29) is 12.4 Å². The normalized spacial score (nSPS) is 10.1. The fourth-order valence-electron chi connectivity index (χ4n) is 1.27. The SMILES string of the molecule is COCC(=O)CCCc1cccnc1. The van der Waals surface area contributed by atoms with Crippen molar-refractivity contribution in [2.75, 3.05) is 13.7 Å². The number of ketones is 1. The summed E-state index contributed by atoms with van der Waals surface area (Å²) in [6, 6.07) is 3.93. The lowest BCUT2D eigenvalue weighted by Crippen LogP contribution is -2.06. The zero-order chi connectivity index (χ0) is 10.2. The van der Waals surface area contributed by atoms with Crippen molar-refractivity contribution in [3.8, 4) is 0 Å². The molecule has 0 saturated heterocycles. The highest BCUT2D eigenvalue weighted by atomic mass is 16.5. The minimum atomic E-state index is 0.163. The van der Waals surface area contributed by atoms with Crippen LogP contribution in [0, 0.1) is 0 Å². The summed E-state index contributed by atoms with van der Waals surface area (Å²) >= 11 is 0. The number of aromatic nitrogens is 1. The molecular weight excluding hydrogens is 178 g/mol. The fourth-order valence-corrected chi connectivity index (χ4v) is 1.27. The van der Waals surface area contributed by atoms with Crippen molar-refractivity contribution in [3.05, 3.63) is 30.1 Å². The molecule has 0 saturated carbocycles. The van der Waals surface area contributed by atoms with Crippen LogP contribution in [-0.4, -0.2) is 24.5 Å². The molecule has 0 fully saturated rings. The van der Waals surface area contributed by atoms with Crippen molar-refractivity contribution < 1.29 is 9.53 Å². The largest absolute Gasteiger partial charge is 0.377 e. The standard InChI is InChI=1S/C11H15NO2/c1-14-9-11(13)6-2-4-10-5-3-7-12-8-10/h3,5,7-8H,2,4,6,9H2,1H3. The van der Waals surface area contributed by atoms with E-state index in [0.717, 1.165) is 12.8 Å². The summed E-state index contributed by atoms with van der Waals surface area (Å²) in [6.07, 6.45) is 5.94. The maximum Gasteiger partial charge on any atom is 0.158 e. The third-order valence-electron chi connectivity index (χ3n) is 1.95. The van der Waals surface area contributed by atoms with E-state index in [0.29, 0.717) is 6.42 Å². The van der Waals surface area contributed by atoms with Gasteiger partial charge < -0.3 is 4.74 Å². The van der Waals surface area contributed by atoms with Crippen LogP contribution in [0.1, 0.15) is 18.4 Å². The Hall–Kier alpha value is -1.22. The Balaban J connectivity index is 2.19. The van der Waals surface area contributed by atoms with Gasteiger partial charge in [-0.2, -0.15) is 0 Å². The van der Waals surface area contributed by atoms with Gasteiger partial charge in [-0.1, -0.05) is 6.07 Å². The third kappa shape index (κ3) is 4.14. The molecule has 0 atom stereocenters. The molecule has 0 N–H and O–H groups in total. The monoisotopic (exact) mass is 193 g/mol. The quantitative estimate of drug-likeness (QED) is 0.689. The van der Waals surface area contributed by atoms with Crippen molar-refractivity contribution in [1.82, 2.24) is 4.98 Å². The van der Waals surface area contributed by atoms with Crippen molar-refractivity contribution in [2.24, 2.45) is 0 Å². The molecule has 3 heteroatoms. The van der Waals surface area contributed by atoms with Crippen LogP contribution in [0.4, 0.5) is 0 Å². The topological polar surface area (TPSA) is 39.2 Å². The molecule has 0 spiro atoms. The average Bonchev–Trinajstić information content (AvgIpc) is 2.20. The Morgan fingerprint density at radius 1 is 1.57 bits per heavy atom. The fraction of sp³-hybridized carbons (Fsp3) is 0.455. The molecule has 0 aromatic carbocycles. The maximum atomic E-state index is 11.1. The van der Waals surface area contributed by atoms with Crippen LogP contribution in [0.25, 0.3) is 0 Å². The van der Waals surface area contributed by atoms with Crippen LogP contribution >= 0.6 is 0 Å². The van der Waals surface area contributed by atoms with Gasteiger partial charge in [0.1, 0.15) is 6.61 Å². The third-order valence-corrected chi connectivity index (χ3v) is 1.95. The van der Waals surface area contributed by atoms with Gasteiger partial charge in [0.25, 0.3) is 0 Å². The van der Waals surface area contributed by atoms with E-state index in [4.69, 9.17) is 4.74 Å². The Morgan fingerprint density at radius 3 is 3.07 bits per heavy atom. The molecule has 76 valence electrons. The number of carbonyl (C=O) groups is 1. The first-order chi connectivity index (χ1) is 6.83. The smallest absolute Gasteiger partial charge is 0.158 e. The summed E-state index contributed by atoms with van der Waals surface area (Å²) in [5.74, 6) is 0.163. The second-order valence-corrected chi connectivity index (χ2v) is 3.19. The molecule has 3 nitrogen and oxygen atoms in total. The van der Waals surface area contributed by atoms with E-state index in [1.165, 1.54) is 5.56 Å².